The molecule has 4 heteroatoms. The maximum atomic E-state index is 10.0. The summed E-state index contributed by atoms with van der Waals surface area (Å²) in [5, 5.41) is 19.3. The van der Waals surface area contributed by atoms with Crippen LogP contribution in [-0.2, 0) is 0 Å². The van der Waals surface area contributed by atoms with Crippen LogP contribution in [0.25, 0.3) is 0 Å². The van der Waals surface area contributed by atoms with E-state index < -0.39 is 11.0 Å². The van der Waals surface area contributed by atoms with E-state index >= 15 is 0 Å². The Hall–Kier alpha value is -0.640. The van der Waals surface area contributed by atoms with Crippen LogP contribution in [0.1, 0.15) is 25.7 Å². The molecule has 1 rings (SSSR count). The number of hydrogen-bond acceptors (Lipinski definition) is 3. The van der Waals surface area contributed by atoms with Gasteiger partial charge >= 0.3 is 0 Å². The van der Waals surface area contributed by atoms with Gasteiger partial charge in [0.1, 0.15) is 6.10 Å². The molecule has 1 fully saturated rings. The molecule has 1 aliphatic carbocycles. The van der Waals surface area contributed by atoms with Crippen LogP contribution in [0.5, 0.6) is 0 Å². The number of nitro groups is 1. The van der Waals surface area contributed by atoms with Gasteiger partial charge in [-0.25, -0.2) is 0 Å². The van der Waals surface area contributed by atoms with Gasteiger partial charge in [-0.15, -0.1) is 0 Å². The van der Waals surface area contributed by atoms with Crippen molar-refractivity contribution in [3.63, 3.8) is 0 Å². The fourth-order valence-electron chi connectivity index (χ4n) is 1.64. The van der Waals surface area contributed by atoms with E-state index in [-0.39, 0.29) is 12.5 Å². The second kappa shape index (κ2) is 3.67. The molecule has 0 unspecified atom stereocenters. The predicted molar refractivity (Wildman–Crippen MR) is 39.8 cm³/mol. The molecule has 0 heterocycles. The average Bonchev–Trinajstić information content (AvgIpc) is 2.35. The van der Waals surface area contributed by atoms with Crippen molar-refractivity contribution in [2.45, 2.75) is 31.8 Å². The highest BCUT2D eigenvalue weighted by Crippen LogP contribution is 2.27. The lowest BCUT2D eigenvalue weighted by Crippen LogP contribution is -2.26. The fourth-order valence-corrected chi connectivity index (χ4v) is 1.64. The van der Waals surface area contributed by atoms with E-state index in [0.717, 1.165) is 25.7 Å². The van der Waals surface area contributed by atoms with Crippen molar-refractivity contribution >= 4 is 0 Å². The summed E-state index contributed by atoms with van der Waals surface area (Å²) < 4.78 is 0. The lowest BCUT2D eigenvalue weighted by Gasteiger charge is -2.12. The standard InChI is InChI=1S/C7H13NO3/c9-7(5-8(10)11)6-3-1-2-4-6/h6-7,9H,1-5H2/t7-/m0/s1. The van der Waals surface area contributed by atoms with Crippen LogP contribution in [-0.4, -0.2) is 22.7 Å². The van der Waals surface area contributed by atoms with Crippen LogP contribution in [0.15, 0.2) is 0 Å². The molecule has 0 spiro atoms. The molecular weight excluding hydrogens is 146 g/mol. The number of aliphatic hydroxyl groups is 1. The van der Waals surface area contributed by atoms with E-state index in [4.69, 9.17) is 0 Å². The zero-order chi connectivity index (χ0) is 8.27. The maximum Gasteiger partial charge on any atom is 0.229 e. The highest BCUT2D eigenvalue weighted by Gasteiger charge is 2.26. The molecule has 0 aliphatic heterocycles. The molecule has 64 valence electrons. The average molecular weight is 159 g/mol. The first kappa shape index (κ1) is 8.46. The van der Waals surface area contributed by atoms with Crippen LogP contribution in [0.3, 0.4) is 0 Å². The normalized spacial score (nSPS) is 21.9. The van der Waals surface area contributed by atoms with Gasteiger partial charge in [0.25, 0.3) is 0 Å². The van der Waals surface area contributed by atoms with Gasteiger partial charge in [0, 0.05) is 4.92 Å². The number of hydrogen-bond donors (Lipinski definition) is 1. The van der Waals surface area contributed by atoms with Gasteiger partial charge in [0.2, 0.25) is 6.54 Å². The number of rotatable bonds is 3. The first-order chi connectivity index (χ1) is 5.20. The molecular formula is C7H13NO3. The predicted octanol–water partition coefficient (Wildman–Crippen LogP) is 0.814. The largest absolute Gasteiger partial charge is 0.386 e. The Labute approximate surface area is 65.4 Å². The Morgan fingerprint density at radius 3 is 2.55 bits per heavy atom. The van der Waals surface area contributed by atoms with Crippen molar-refractivity contribution in [3.8, 4) is 0 Å². The van der Waals surface area contributed by atoms with E-state index in [9.17, 15) is 15.2 Å². The van der Waals surface area contributed by atoms with Gasteiger partial charge in [0.05, 0.1) is 0 Å². The van der Waals surface area contributed by atoms with Crippen LogP contribution >= 0.6 is 0 Å². The highest BCUT2D eigenvalue weighted by atomic mass is 16.6. The molecule has 1 atom stereocenters. The summed E-state index contributed by atoms with van der Waals surface area (Å²) in [5.74, 6) is 0.181. The van der Waals surface area contributed by atoms with E-state index in [2.05, 4.69) is 0 Å². The van der Waals surface area contributed by atoms with Crippen molar-refractivity contribution in [2.24, 2.45) is 5.92 Å². The van der Waals surface area contributed by atoms with Crippen LogP contribution in [0.4, 0.5) is 0 Å². The smallest absolute Gasteiger partial charge is 0.229 e. The lowest BCUT2D eigenvalue weighted by atomic mass is 10.0. The molecule has 4 nitrogen and oxygen atoms in total. The Morgan fingerprint density at radius 2 is 2.09 bits per heavy atom. The molecule has 1 aliphatic rings. The molecule has 0 aromatic carbocycles. The summed E-state index contributed by atoms with van der Waals surface area (Å²) in [6.07, 6.45) is 3.41. The summed E-state index contributed by atoms with van der Waals surface area (Å²) in [4.78, 5) is 9.57. The monoisotopic (exact) mass is 159 g/mol. The van der Waals surface area contributed by atoms with Gasteiger partial charge in [-0.2, -0.15) is 0 Å². The molecule has 0 saturated heterocycles. The van der Waals surface area contributed by atoms with Crippen molar-refractivity contribution < 1.29 is 10.0 Å². The van der Waals surface area contributed by atoms with E-state index in [0.29, 0.717) is 0 Å². The quantitative estimate of drug-likeness (QED) is 0.489. The summed E-state index contributed by atoms with van der Waals surface area (Å²) in [7, 11) is 0. The van der Waals surface area contributed by atoms with Gasteiger partial charge in [-0.1, -0.05) is 12.8 Å². The summed E-state index contributed by atoms with van der Waals surface area (Å²) in [6, 6.07) is 0. The van der Waals surface area contributed by atoms with Crippen LogP contribution < -0.4 is 0 Å². The summed E-state index contributed by atoms with van der Waals surface area (Å²) >= 11 is 0. The van der Waals surface area contributed by atoms with Crippen molar-refractivity contribution in [1.82, 2.24) is 0 Å². The maximum absolute atomic E-state index is 10.0. The van der Waals surface area contributed by atoms with Crippen LogP contribution in [0, 0.1) is 16.0 Å². The van der Waals surface area contributed by atoms with Gasteiger partial charge in [0.15, 0.2) is 0 Å². The molecule has 1 N–H and O–H groups in total. The van der Waals surface area contributed by atoms with Crippen molar-refractivity contribution in [3.05, 3.63) is 10.1 Å². The second-order valence-electron chi connectivity index (χ2n) is 3.13. The van der Waals surface area contributed by atoms with Crippen molar-refractivity contribution in [2.75, 3.05) is 6.54 Å². The minimum Gasteiger partial charge on any atom is -0.386 e. The van der Waals surface area contributed by atoms with Gasteiger partial charge in [-0.3, -0.25) is 10.1 Å². The first-order valence-corrected chi connectivity index (χ1v) is 4.00. The molecule has 0 radical (unpaired) electrons. The molecule has 0 aromatic heterocycles. The first-order valence-electron chi connectivity index (χ1n) is 4.00. The summed E-state index contributed by atoms with van der Waals surface area (Å²) in [6.45, 7) is -0.287. The minimum atomic E-state index is -0.715. The fraction of sp³-hybridized carbons (Fsp3) is 1.00. The highest BCUT2D eigenvalue weighted by molar-refractivity contribution is 4.73. The Balaban J connectivity index is 2.28. The molecule has 0 aromatic rings. The Kier molecular flexibility index (Phi) is 2.82. The van der Waals surface area contributed by atoms with E-state index in [1.807, 2.05) is 0 Å². The Morgan fingerprint density at radius 1 is 1.55 bits per heavy atom. The zero-order valence-corrected chi connectivity index (χ0v) is 6.40. The second-order valence-corrected chi connectivity index (χ2v) is 3.13. The molecule has 0 bridgehead atoms. The van der Waals surface area contributed by atoms with Gasteiger partial charge in [-0.05, 0) is 18.8 Å². The molecule has 11 heavy (non-hydrogen) atoms. The number of aliphatic hydroxyl groups excluding tert-OH is 1. The van der Waals surface area contributed by atoms with Gasteiger partial charge < -0.3 is 5.11 Å². The number of nitrogens with zero attached hydrogens (tertiary/aromatic N) is 1. The van der Waals surface area contributed by atoms with Crippen LogP contribution in [0.2, 0.25) is 0 Å². The third-order valence-corrected chi connectivity index (χ3v) is 2.28. The SMILES string of the molecule is O=[N+]([O-])C[C@H](O)C1CCCC1. The topological polar surface area (TPSA) is 63.4 Å². The summed E-state index contributed by atoms with van der Waals surface area (Å²) in [5.41, 5.74) is 0. The third-order valence-electron chi connectivity index (χ3n) is 2.28. The molecule has 0 amide bonds. The van der Waals surface area contributed by atoms with E-state index in [1.54, 1.807) is 0 Å². The lowest BCUT2D eigenvalue weighted by molar-refractivity contribution is -0.492. The third kappa shape index (κ3) is 2.46. The minimum absolute atomic E-state index is 0.181. The van der Waals surface area contributed by atoms with Crippen molar-refractivity contribution in [1.29, 1.82) is 0 Å². The molecule has 1 saturated carbocycles. The Bertz CT molecular complexity index is 143. The van der Waals surface area contributed by atoms with E-state index in [1.165, 1.54) is 0 Å². The zero-order valence-electron chi connectivity index (χ0n) is 6.40.